The Balaban J connectivity index is 1.48. The lowest BCUT2D eigenvalue weighted by Crippen LogP contribution is -2.34. The monoisotopic (exact) mass is 388 g/mol. The lowest BCUT2D eigenvalue weighted by Gasteiger charge is -2.20. The number of halogens is 2. The van der Waals surface area contributed by atoms with Crippen LogP contribution < -0.4 is 25.8 Å². The molecule has 2 aromatic carbocycles. The zero-order valence-corrected chi connectivity index (χ0v) is 15.5. The zero-order valence-electron chi connectivity index (χ0n) is 15.5. The van der Waals surface area contributed by atoms with Gasteiger partial charge in [-0.2, -0.15) is 0 Å². The highest BCUT2D eigenvalue weighted by molar-refractivity contribution is 6.01. The molecule has 3 N–H and O–H groups in total. The molecule has 2 aliphatic rings. The quantitative estimate of drug-likeness (QED) is 0.734. The summed E-state index contributed by atoms with van der Waals surface area (Å²) in [6.45, 7) is 1.90. The van der Waals surface area contributed by atoms with Crippen LogP contribution in [0.4, 0.5) is 20.2 Å². The minimum absolute atomic E-state index is 0.102. The van der Waals surface area contributed by atoms with Crippen LogP contribution in [0.3, 0.4) is 0 Å². The van der Waals surface area contributed by atoms with E-state index in [1.54, 1.807) is 12.1 Å². The SMILES string of the molecule is COc1cc(NC2CCN(c3ccc(C4CNNC4)cc3F)C2=O)ccc1F. The summed E-state index contributed by atoms with van der Waals surface area (Å²) in [5.74, 6) is -0.770. The summed E-state index contributed by atoms with van der Waals surface area (Å²) in [7, 11) is 1.38. The first-order valence-electron chi connectivity index (χ1n) is 9.23. The summed E-state index contributed by atoms with van der Waals surface area (Å²) in [5.41, 5.74) is 7.83. The van der Waals surface area contributed by atoms with Gasteiger partial charge in [-0.05, 0) is 36.2 Å². The van der Waals surface area contributed by atoms with Crippen LogP contribution in [0.2, 0.25) is 0 Å². The van der Waals surface area contributed by atoms with Gasteiger partial charge in [0.25, 0.3) is 0 Å². The molecule has 2 aliphatic heterocycles. The molecule has 0 saturated carbocycles. The van der Waals surface area contributed by atoms with E-state index in [1.165, 1.54) is 30.2 Å². The number of hydrogen-bond acceptors (Lipinski definition) is 5. The third-order valence-corrected chi connectivity index (χ3v) is 5.25. The molecule has 2 heterocycles. The van der Waals surface area contributed by atoms with E-state index >= 15 is 0 Å². The number of benzene rings is 2. The van der Waals surface area contributed by atoms with Gasteiger partial charge in [-0.1, -0.05) is 6.07 Å². The largest absolute Gasteiger partial charge is 0.494 e. The molecule has 0 aromatic heterocycles. The molecular formula is C20H22F2N4O2. The van der Waals surface area contributed by atoms with Gasteiger partial charge < -0.3 is 15.0 Å². The Morgan fingerprint density at radius 2 is 1.89 bits per heavy atom. The number of nitrogens with zero attached hydrogens (tertiary/aromatic N) is 1. The minimum Gasteiger partial charge on any atom is -0.494 e. The van der Waals surface area contributed by atoms with Crippen molar-refractivity contribution in [2.45, 2.75) is 18.4 Å². The third-order valence-electron chi connectivity index (χ3n) is 5.25. The Hall–Kier alpha value is -2.71. The van der Waals surface area contributed by atoms with Crippen LogP contribution in [0.25, 0.3) is 0 Å². The summed E-state index contributed by atoms with van der Waals surface area (Å²) in [6, 6.07) is 8.88. The van der Waals surface area contributed by atoms with E-state index < -0.39 is 17.7 Å². The first-order valence-corrected chi connectivity index (χ1v) is 9.23. The lowest BCUT2D eigenvalue weighted by molar-refractivity contribution is -0.117. The van der Waals surface area contributed by atoms with Crippen molar-refractivity contribution in [2.24, 2.45) is 0 Å². The molecule has 148 valence electrons. The fraction of sp³-hybridized carbons (Fsp3) is 0.350. The molecule has 0 radical (unpaired) electrons. The molecule has 0 bridgehead atoms. The zero-order chi connectivity index (χ0) is 19.7. The molecule has 8 heteroatoms. The van der Waals surface area contributed by atoms with E-state index in [2.05, 4.69) is 16.2 Å². The van der Waals surface area contributed by atoms with Crippen LogP contribution in [-0.4, -0.2) is 38.7 Å². The molecular weight excluding hydrogens is 366 g/mol. The molecule has 1 amide bonds. The second-order valence-corrected chi connectivity index (χ2v) is 6.99. The van der Waals surface area contributed by atoms with Gasteiger partial charge in [0.1, 0.15) is 11.9 Å². The highest BCUT2D eigenvalue weighted by atomic mass is 19.1. The average molecular weight is 388 g/mol. The molecule has 4 rings (SSSR count). The van der Waals surface area contributed by atoms with Gasteiger partial charge in [0.2, 0.25) is 5.91 Å². The van der Waals surface area contributed by atoms with Gasteiger partial charge in [0.15, 0.2) is 11.6 Å². The van der Waals surface area contributed by atoms with E-state index in [0.29, 0.717) is 18.7 Å². The van der Waals surface area contributed by atoms with Crippen molar-refractivity contribution in [3.8, 4) is 5.75 Å². The summed E-state index contributed by atoms with van der Waals surface area (Å²) >= 11 is 0. The maximum atomic E-state index is 14.7. The van der Waals surface area contributed by atoms with Crippen LogP contribution in [0.15, 0.2) is 36.4 Å². The highest BCUT2D eigenvalue weighted by Gasteiger charge is 2.34. The fourth-order valence-electron chi connectivity index (χ4n) is 3.70. The Morgan fingerprint density at radius 1 is 1.11 bits per heavy atom. The van der Waals surface area contributed by atoms with Crippen molar-refractivity contribution in [1.29, 1.82) is 0 Å². The van der Waals surface area contributed by atoms with Crippen LogP contribution in [-0.2, 0) is 4.79 Å². The first-order chi connectivity index (χ1) is 13.6. The standard InChI is InChI=1S/C20H22F2N4O2/c1-28-19-9-14(3-4-15(19)21)25-17-6-7-26(20(17)27)18-5-2-12(8-16(18)22)13-10-23-24-11-13/h2-5,8-9,13,17,23-25H,6-7,10-11H2,1H3. The van der Waals surface area contributed by atoms with Gasteiger partial charge in [-0.15, -0.1) is 0 Å². The summed E-state index contributed by atoms with van der Waals surface area (Å²) in [4.78, 5) is 14.3. The maximum absolute atomic E-state index is 14.7. The molecule has 1 atom stereocenters. The number of carbonyl (C=O) groups excluding carboxylic acids is 1. The van der Waals surface area contributed by atoms with Gasteiger partial charge in [-0.25, -0.2) is 8.78 Å². The van der Waals surface area contributed by atoms with Crippen molar-refractivity contribution < 1.29 is 18.3 Å². The number of anilines is 2. The normalized spacial score (nSPS) is 20.0. The van der Waals surface area contributed by atoms with Crippen LogP contribution in [0.1, 0.15) is 17.9 Å². The van der Waals surface area contributed by atoms with Crippen molar-refractivity contribution in [1.82, 2.24) is 10.9 Å². The maximum Gasteiger partial charge on any atom is 0.249 e. The Bertz CT molecular complexity index is 887. The van der Waals surface area contributed by atoms with Crippen LogP contribution >= 0.6 is 0 Å². The number of rotatable bonds is 5. The molecule has 6 nitrogen and oxygen atoms in total. The molecule has 2 saturated heterocycles. The molecule has 0 spiro atoms. The van der Waals surface area contributed by atoms with E-state index in [9.17, 15) is 13.6 Å². The van der Waals surface area contributed by atoms with E-state index in [4.69, 9.17) is 4.74 Å². The van der Waals surface area contributed by atoms with Crippen molar-refractivity contribution in [3.05, 3.63) is 53.6 Å². The Morgan fingerprint density at radius 3 is 2.61 bits per heavy atom. The van der Waals surface area contributed by atoms with Gasteiger partial charge >= 0.3 is 0 Å². The van der Waals surface area contributed by atoms with Crippen LogP contribution in [0, 0.1) is 11.6 Å². The predicted molar refractivity (Wildman–Crippen MR) is 102 cm³/mol. The summed E-state index contributed by atoms with van der Waals surface area (Å²) in [6.07, 6.45) is 0.524. The smallest absolute Gasteiger partial charge is 0.249 e. The van der Waals surface area contributed by atoms with E-state index in [-0.39, 0.29) is 23.3 Å². The summed E-state index contributed by atoms with van der Waals surface area (Å²) < 4.78 is 33.2. The molecule has 28 heavy (non-hydrogen) atoms. The number of amides is 1. The average Bonchev–Trinajstić information content (AvgIpc) is 3.34. The van der Waals surface area contributed by atoms with E-state index in [1.807, 2.05) is 6.07 Å². The van der Waals surface area contributed by atoms with E-state index in [0.717, 1.165) is 18.7 Å². The molecule has 2 fully saturated rings. The Kier molecular flexibility index (Phi) is 5.15. The van der Waals surface area contributed by atoms with Gasteiger partial charge in [-0.3, -0.25) is 15.6 Å². The topological polar surface area (TPSA) is 65.6 Å². The number of ether oxygens (including phenoxy) is 1. The second-order valence-electron chi connectivity index (χ2n) is 6.99. The number of nitrogens with one attached hydrogen (secondary N) is 3. The molecule has 0 aliphatic carbocycles. The number of hydrogen-bond donors (Lipinski definition) is 3. The van der Waals surface area contributed by atoms with Crippen molar-refractivity contribution in [2.75, 3.05) is 37.0 Å². The van der Waals surface area contributed by atoms with Crippen LogP contribution in [0.5, 0.6) is 5.75 Å². The van der Waals surface area contributed by atoms with Crippen molar-refractivity contribution >= 4 is 17.3 Å². The highest BCUT2D eigenvalue weighted by Crippen LogP contribution is 2.30. The van der Waals surface area contributed by atoms with Crippen molar-refractivity contribution in [3.63, 3.8) is 0 Å². The molecule has 1 unspecified atom stereocenters. The molecule has 2 aromatic rings. The van der Waals surface area contributed by atoms with Gasteiger partial charge in [0.05, 0.1) is 12.8 Å². The lowest BCUT2D eigenvalue weighted by atomic mass is 10.00. The second kappa shape index (κ2) is 7.73. The first kappa shape index (κ1) is 18.6. The Labute approximate surface area is 161 Å². The fourth-order valence-corrected chi connectivity index (χ4v) is 3.70. The van der Waals surface area contributed by atoms with Gasteiger partial charge in [0, 0.05) is 37.3 Å². The number of hydrazine groups is 1. The summed E-state index contributed by atoms with van der Waals surface area (Å²) in [5, 5.41) is 3.09. The number of carbonyl (C=O) groups is 1. The third kappa shape index (κ3) is 3.53. The predicted octanol–water partition coefficient (Wildman–Crippen LogP) is 2.38. The minimum atomic E-state index is -0.502. The number of methoxy groups -OCH3 is 1.